The number of carbonyl (C=O) groups excluding carboxylic acids is 3. The highest BCUT2D eigenvalue weighted by molar-refractivity contribution is 5.96. The van der Waals surface area contributed by atoms with Crippen LogP contribution in [0.2, 0.25) is 0 Å². The van der Waals surface area contributed by atoms with Gasteiger partial charge in [0.1, 0.15) is 22.9 Å². The van der Waals surface area contributed by atoms with Gasteiger partial charge < -0.3 is 47.4 Å². The van der Waals surface area contributed by atoms with E-state index in [1.165, 1.54) is 28.0 Å². The first-order chi connectivity index (χ1) is 24.6. The molecule has 3 aromatic rings. The Bertz CT molecular complexity index is 1960. The molecule has 4 heterocycles. The number of para-hydroxylation sites is 1. The average molecular weight is 714 g/mol. The molecule has 6 rings (SSSR count). The third-order valence-corrected chi connectivity index (χ3v) is 9.60. The van der Waals surface area contributed by atoms with E-state index < -0.39 is 11.8 Å². The second kappa shape index (κ2) is 13.9. The molecule has 2 fully saturated rings. The van der Waals surface area contributed by atoms with Gasteiger partial charge in [-0.15, -0.1) is 0 Å². The van der Waals surface area contributed by atoms with Crippen LogP contribution in [0, 0.1) is 5.92 Å². The third-order valence-electron chi connectivity index (χ3n) is 9.60. The average Bonchev–Trinajstić information content (AvgIpc) is 3.84. The fourth-order valence-electron chi connectivity index (χ4n) is 6.47. The molecule has 1 aliphatic carbocycles. The second-order valence-electron chi connectivity index (χ2n) is 14.1. The van der Waals surface area contributed by atoms with E-state index >= 15 is 0 Å². The topological polar surface area (TPSA) is 220 Å². The molecule has 0 radical (unpaired) electrons. The summed E-state index contributed by atoms with van der Waals surface area (Å²) in [6.45, 7) is 6.26. The zero-order valence-corrected chi connectivity index (χ0v) is 30.2. The molecule has 3 amide bonds. The maximum atomic E-state index is 13.0. The maximum Gasteiger partial charge on any atom is 0.271 e. The molecule has 16 heteroatoms. The number of nitrogens with two attached hydrogens (primary N) is 2. The maximum absolute atomic E-state index is 13.0. The van der Waals surface area contributed by atoms with Gasteiger partial charge in [0, 0.05) is 63.4 Å². The lowest BCUT2D eigenvalue weighted by Crippen LogP contribution is -2.59. The molecule has 9 N–H and O–H groups in total. The number of benzene rings is 1. The number of nitrogens with one attached hydrogen (secondary N) is 3. The molecule has 0 spiro atoms. The number of likely N-dealkylation sites (tertiary alicyclic amines) is 1. The third kappa shape index (κ3) is 6.91. The van der Waals surface area contributed by atoms with E-state index in [1.807, 2.05) is 43.8 Å². The first-order valence-corrected chi connectivity index (χ1v) is 17.3. The van der Waals surface area contributed by atoms with Crippen LogP contribution in [0.3, 0.4) is 0 Å². The first kappa shape index (κ1) is 36.3. The molecule has 1 saturated heterocycles. The van der Waals surface area contributed by atoms with E-state index in [9.17, 15) is 24.6 Å². The molecule has 52 heavy (non-hydrogen) atoms. The standard InChI is InChI=1S/C36H47N11O5/c1-19(2)40-34(49)30(38)27(15-29(37)43-33(48)21-13-14-21)41-25-10-7-9-23-24-16-39-47(31(24)20(3)45(6)32(23)25)22-17-46(18-22)36(51,52)28-12-8-11-26(42-28)35(50)44(4)5/h7-12,15-16,19-22,41,51-52H,13-14,17-18,37-38H2,1-6H3,(H,40,49)(H,43,48)/b29-15+,30-27+. The molecule has 1 saturated carbocycles. The van der Waals surface area contributed by atoms with Crippen LogP contribution in [-0.2, 0) is 15.5 Å². The van der Waals surface area contributed by atoms with Crippen LogP contribution in [0.15, 0.2) is 65.9 Å². The molecule has 1 atom stereocenters. The highest BCUT2D eigenvalue weighted by Gasteiger charge is 2.46. The van der Waals surface area contributed by atoms with Gasteiger partial charge in [0.15, 0.2) is 0 Å². The predicted molar refractivity (Wildman–Crippen MR) is 195 cm³/mol. The van der Waals surface area contributed by atoms with Gasteiger partial charge in [0.05, 0.1) is 41.0 Å². The summed E-state index contributed by atoms with van der Waals surface area (Å²) >= 11 is 0. The Morgan fingerprint density at radius 1 is 1.06 bits per heavy atom. The summed E-state index contributed by atoms with van der Waals surface area (Å²) in [6.07, 6.45) is 4.89. The Morgan fingerprint density at radius 2 is 1.75 bits per heavy atom. The molecule has 276 valence electrons. The van der Waals surface area contributed by atoms with Crippen LogP contribution >= 0.6 is 0 Å². The van der Waals surface area contributed by atoms with Crippen LogP contribution in [0.5, 0.6) is 0 Å². The van der Waals surface area contributed by atoms with Crippen molar-refractivity contribution in [3.8, 4) is 11.1 Å². The molecule has 2 aromatic heterocycles. The van der Waals surface area contributed by atoms with Crippen molar-refractivity contribution in [3.63, 3.8) is 0 Å². The van der Waals surface area contributed by atoms with Crippen molar-refractivity contribution < 1.29 is 24.6 Å². The summed E-state index contributed by atoms with van der Waals surface area (Å²) in [4.78, 5) is 47.1. The van der Waals surface area contributed by atoms with E-state index in [0.29, 0.717) is 5.69 Å². The van der Waals surface area contributed by atoms with E-state index in [-0.39, 0.29) is 77.6 Å². The van der Waals surface area contributed by atoms with E-state index in [2.05, 4.69) is 32.8 Å². The SMILES string of the molecule is CC(C)NC(=O)/C(N)=C(/C=C(\N)NC(=O)C1CC1)Nc1cccc2c1N(C)C(C)c1c-2cnn1C1CN(C(O)(O)c2cccc(C(=O)N(C)C)n2)C1. The molecular weight excluding hydrogens is 666 g/mol. The van der Waals surface area contributed by atoms with Gasteiger partial charge in [-0.25, -0.2) is 9.88 Å². The number of hydrogen-bond donors (Lipinski definition) is 7. The van der Waals surface area contributed by atoms with Gasteiger partial charge in [0.2, 0.25) is 5.91 Å². The minimum absolute atomic E-state index is 0.0409. The number of rotatable bonds is 11. The molecular formula is C36H47N11O5. The molecule has 2 aliphatic heterocycles. The number of hydrogen-bond acceptors (Lipinski definition) is 12. The Kier molecular flexibility index (Phi) is 9.74. The van der Waals surface area contributed by atoms with Crippen molar-refractivity contribution in [3.05, 3.63) is 83.0 Å². The van der Waals surface area contributed by atoms with Crippen molar-refractivity contribution >= 4 is 29.1 Å². The number of aliphatic hydroxyl groups is 2. The zero-order valence-electron chi connectivity index (χ0n) is 30.2. The van der Waals surface area contributed by atoms with Crippen molar-refractivity contribution in [2.45, 2.75) is 57.6 Å². The molecule has 1 unspecified atom stereocenters. The fraction of sp³-hybridized carbons (Fsp3) is 0.417. The van der Waals surface area contributed by atoms with E-state index in [4.69, 9.17) is 16.6 Å². The van der Waals surface area contributed by atoms with Gasteiger partial charge in [-0.2, -0.15) is 5.10 Å². The predicted octanol–water partition coefficient (Wildman–Crippen LogP) is 1.24. The Balaban J connectivity index is 1.27. The number of anilines is 2. The van der Waals surface area contributed by atoms with Crippen molar-refractivity contribution in [1.82, 2.24) is 35.2 Å². The number of fused-ring (bicyclic) bond motifs is 3. The largest absolute Gasteiger partial charge is 0.393 e. The summed E-state index contributed by atoms with van der Waals surface area (Å²) in [5.74, 6) is -3.39. The summed E-state index contributed by atoms with van der Waals surface area (Å²) < 4.78 is 1.93. The number of allylic oxidation sites excluding steroid dienone is 1. The highest BCUT2D eigenvalue weighted by atomic mass is 16.5. The fourth-order valence-corrected chi connectivity index (χ4v) is 6.47. The number of aromatic nitrogens is 3. The van der Waals surface area contributed by atoms with Crippen molar-refractivity contribution in [1.29, 1.82) is 0 Å². The van der Waals surface area contributed by atoms with Gasteiger partial charge in [-0.3, -0.25) is 19.1 Å². The van der Waals surface area contributed by atoms with E-state index in [1.54, 1.807) is 26.4 Å². The van der Waals surface area contributed by atoms with Gasteiger partial charge in [0.25, 0.3) is 17.7 Å². The normalized spacial score (nSPS) is 18.2. The highest BCUT2D eigenvalue weighted by Crippen LogP contribution is 2.49. The molecule has 3 aliphatic rings. The summed E-state index contributed by atoms with van der Waals surface area (Å²) in [7, 11) is 5.17. The first-order valence-electron chi connectivity index (χ1n) is 17.3. The Morgan fingerprint density at radius 3 is 2.40 bits per heavy atom. The van der Waals surface area contributed by atoms with E-state index in [0.717, 1.165) is 35.3 Å². The molecule has 1 aromatic carbocycles. The Labute approximate surface area is 302 Å². The second-order valence-corrected chi connectivity index (χ2v) is 14.1. The number of carbonyl (C=O) groups is 3. The molecule has 0 bridgehead atoms. The van der Waals surface area contributed by atoms with Gasteiger partial charge >= 0.3 is 0 Å². The minimum Gasteiger partial charge on any atom is -0.393 e. The smallest absolute Gasteiger partial charge is 0.271 e. The van der Waals surface area contributed by atoms with Crippen LogP contribution in [0.1, 0.15) is 67.6 Å². The number of pyridine rings is 1. The van der Waals surface area contributed by atoms with Crippen molar-refractivity contribution in [2.75, 3.05) is 44.4 Å². The molecule has 16 nitrogen and oxygen atoms in total. The quantitative estimate of drug-likeness (QED) is 0.0848. The summed E-state index contributed by atoms with van der Waals surface area (Å²) in [5.41, 5.74) is 17.1. The van der Waals surface area contributed by atoms with Gasteiger partial charge in [-0.05, 0) is 51.8 Å². The summed E-state index contributed by atoms with van der Waals surface area (Å²) in [6, 6.07) is 9.83. The Hall–Kier alpha value is -5.45. The minimum atomic E-state index is -2.39. The monoisotopic (exact) mass is 713 g/mol. The van der Waals surface area contributed by atoms with Crippen LogP contribution in [0.25, 0.3) is 11.1 Å². The van der Waals surface area contributed by atoms with Gasteiger partial charge in [-0.1, -0.05) is 18.2 Å². The number of amides is 3. The summed E-state index contributed by atoms with van der Waals surface area (Å²) in [5, 5.41) is 35.9. The lowest BCUT2D eigenvalue weighted by Gasteiger charge is -2.47. The van der Waals surface area contributed by atoms with Crippen LogP contribution < -0.4 is 32.3 Å². The van der Waals surface area contributed by atoms with Crippen LogP contribution in [-0.4, -0.2) is 92.8 Å². The number of nitrogens with zero attached hydrogens (tertiary/aromatic N) is 6. The lowest BCUT2D eigenvalue weighted by molar-refractivity contribution is -0.302. The zero-order chi connectivity index (χ0) is 37.6. The van der Waals surface area contributed by atoms with Crippen LogP contribution in [0.4, 0.5) is 11.4 Å². The van der Waals surface area contributed by atoms with Crippen molar-refractivity contribution in [2.24, 2.45) is 17.4 Å². The lowest BCUT2D eigenvalue weighted by atomic mass is 9.93.